The lowest BCUT2D eigenvalue weighted by Crippen LogP contribution is -2.45. The van der Waals surface area contributed by atoms with Gasteiger partial charge in [-0.05, 0) is 61.9 Å². The van der Waals surface area contributed by atoms with Gasteiger partial charge in [-0.2, -0.15) is 5.26 Å². The molecule has 0 bridgehead atoms. The maximum atomic E-state index is 14.9. The van der Waals surface area contributed by atoms with Gasteiger partial charge in [-0.3, -0.25) is 14.6 Å². The van der Waals surface area contributed by atoms with Gasteiger partial charge >= 0.3 is 0 Å². The van der Waals surface area contributed by atoms with Crippen molar-refractivity contribution in [2.75, 3.05) is 11.4 Å². The monoisotopic (exact) mass is 568 g/mol. The number of aromatic nitrogens is 1. The van der Waals surface area contributed by atoms with Gasteiger partial charge in [0.15, 0.2) is 5.60 Å². The molecule has 7 nitrogen and oxygen atoms in total. The van der Waals surface area contributed by atoms with Gasteiger partial charge in [0.25, 0.3) is 18.2 Å². The molecule has 1 aliphatic carbocycles. The lowest BCUT2D eigenvalue weighted by atomic mass is 9.85. The lowest BCUT2D eigenvalue weighted by molar-refractivity contribution is -0.132. The van der Waals surface area contributed by atoms with E-state index in [-0.39, 0.29) is 45.8 Å². The number of carbonyl (C=O) groups is 2. The summed E-state index contributed by atoms with van der Waals surface area (Å²) in [6.45, 7) is 0.256. The first-order valence-corrected chi connectivity index (χ1v) is 13.1. The number of pyridine rings is 1. The van der Waals surface area contributed by atoms with Gasteiger partial charge in [-0.25, -0.2) is 13.2 Å². The SMILES string of the molecule is N#Cc1ccc(F)c(C2(O)C(=O)N(CC3CCC(NC(=O)c4cc(Cl)cnc4C(F)F)CC3)c3ccccc32)c1. The van der Waals surface area contributed by atoms with Crippen molar-refractivity contribution < 1.29 is 27.9 Å². The molecule has 2 N–H and O–H groups in total. The maximum absolute atomic E-state index is 14.9. The fraction of sp³-hybridized carbons (Fsp3) is 0.310. The number of halogens is 4. The van der Waals surface area contributed by atoms with Crippen LogP contribution in [-0.4, -0.2) is 34.5 Å². The van der Waals surface area contributed by atoms with Gasteiger partial charge in [0.05, 0.1) is 27.9 Å². The van der Waals surface area contributed by atoms with Crippen LogP contribution < -0.4 is 10.2 Å². The molecule has 0 spiro atoms. The van der Waals surface area contributed by atoms with E-state index >= 15 is 0 Å². The quantitative estimate of drug-likeness (QED) is 0.422. The van der Waals surface area contributed by atoms with Crippen LogP contribution in [0.25, 0.3) is 0 Å². The highest BCUT2D eigenvalue weighted by atomic mass is 35.5. The summed E-state index contributed by atoms with van der Waals surface area (Å²) in [7, 11) is 0. The van der Waals surface area contributed by atoms with Crippen molar-refractivity contribution in [3.05, 3.63) is 93.5 Å². The zero-order valence-corrected chi connectivity index (χ0v) is 21.8. The standard InChI is InChI=1S/C29H24ClF3N4O3/c30-18-12-20(25(26(32)33)35-14-18)27(38)36-19-8-5-16(6-9-19)15-37-24-4-2-1-3-21(24)29(40,28(37)39)22-11-17(13-34)7-10-23(22)31/h1-4,7,10-12,14,16,19,26,40H,5-6,8-9,15H2,(H,36,38). The number of benzene rings is 2. The van der Waals surface area contributed by atoms with E-state index < -0.39 is 35.4 Å². The van der Waals surface area contributed by atoms with Crippen LogP contribution in [0.1, 0.15) is 64.9 Å². The number of alkyl halides is 2. The van der Waals surface area contributed by atoms with Crippen LogP contribution >= 0.6 is 11.6 Å². The summed E-state index contributed by atoms with van der Waals surface area (Å²) in [5, 5.41) is 23.8. The second kappa shape index (κ2) is 10.9. The van der Waals surface area contributed by atoms with Crippen molar-refractivity contribution in [2.24, 2.45) is 5.92 Å². The molecular formula is C29H24ClF3N4O3. The number of carbonyl (C=O) groups excluding carboxylic acids is 2. The molecule has 2 heterocycles. The van der Waals surface area contributed by atoms with Crippen molar-refractivity contribution in [3.8, 4) is 6.07 Å². The Morgan fingerprint density at radius 3 is 2.60 bits per heavy atom. The number of hydrogen-bond acceptors (Lipinski definition) is 5. The average molecular weight is 569 g/mol. The lowest BCUT2D eigenvalue weighted by Gasteiger charge is -2.32. The molecule has 40 heavy (non-hydrogen) atoms. The first-order valence-electron chi connectivity index (χ1n) is 12.7. The number of para-hydroxylation sites is 1. The number of nitrogens with one attached hydrogen (secondary N) is 1. The van der Waals surface area contributed by atoms with Gasteiger partial charge in [0.1, 0.15) is 11.5 Å². The number of amides is 2. The summed E-state index contributed by atoms with van der Waals surface area (Å²) in [5.41, 5.74) is -2.66. The van der Waals surface area contributed by atoms with E-state index in [1.807, 2.05) is 6.07 Å². The molecule has 206 valence electrons. The normalized spacial score (nSPS) is 22.2. The van der Waals surface area contributed by atoms with Gasteiger partial charge in [0.2, 0.25) is 0 Å². The summed E-state index contributed by atoms with van der Waals surface area (Å²) in [6.07, 6.45) is 0.455. The topological polar surface area (TPSA) is 106 Å². The molecule has 0 saturated heterocycles. The van der Waals surface area contributed by atoms with E-state index in [4.69, 9.17) is 11.6 Å². The largest absolute Gasteiger partial charge is 0.372 e. The van der Waals surface area contributed by atoms with Crippen LogP contribution in [0.3, 0.4) is 0 Å². The van der Waals surface area contributed by atoms with Gasteiger partial charge in [0, 0.05) is 29.9 Å². The molecule has 1 aliphatic heterocycles. The first-order chi connectivity index (χ1) is 19.1. The fourth-order valence-electron chi connectivity index (χ4n) is 5.56. The van der Waals surface area contributed by atoms with Crippen molar-refractivity contribution in [1.29, 1.82) is 5.26 Å². The number of hydrogen-bond donors (Lipinski definition) is 2. The van der Waals surface area contributed by atoms with Gasteiger partial charge in [-0.15, -0.1) is 0 Å². The Morgan fingerprint density at radius 2 is 1.90 bits per heavy atom. The fourth-order valence-corrected chi connectivity index (χ4v) is 5.72. The third-order valence-corrected chi connectivity index (χ3v) is 7.79. The third-order valence-electron chi connectivity index (χ3n) is 7.58. The zero-order chi connectivity index (χ0) is 28.6. The number of rotatable bonds is 6. The number of aliphatic hydroxyl groups is 1. The maximum Gasteiger partial charge on any atom is 0.281 e. The molecule has 1 aromatic heterocycles. The highest BCUT2D eigenvalue weighted by Crippen LogP contribution is 2.46. The van der Waals surface area contributed by atoms with Crippen LogP contribution in [0, 0.1) is 23.1 Å². The van der Waals surface area contributed by atoms with Crippen molar-refractivity contribution in [3.63, 3.8) is 0 Å². The Labute approximate surface area is 233 Å². The van der Waals surface area contributed by atoms with Crippen molar-refractivity contribution in [1.82, 2.24) is 10.3 Å². The van der Waals surface area contributed by atoms with Gasteiger partial charge in [-0.1, -0.05) is 29.8 Å². The average Bonchev–Trinajstić information content (AvgIpc) is 3.16. The van der Waals surface area contributed by atoms with Crippen LogP contribution in [0.2, 0.25) is 5.02 Å². The molecule has 5 rings (SSSR count). The molecule has 3 aromatic rings. The molecular weight excluding hydrogens is 545 g/mol. The van der Waals surface area contributed by atoms with Gasteiger partial charge < -0.3 is 15.3 Å². The summed E-state index contributed by atoms with van der Waals surface area (Å²) in [4.78, 5) is 31.5. The molecule has 1 atom stereocenters. The molecule has 2 aromatic carbocycles. The highest BCUT2D eigenvalue weighted by Gasteiger charge is 2.52. The van der Waals surface area contributed by atoms with E-state index in [0.717, 1.165) is 12.3 Å². The second-order valence-electron chi connectivity index (χ2n) is 10.0. The Kier molecular flexibility index (Phi) is 7.53. The van der Waals surface area contributed by atoms with E-state index in [1.54, 1.807) is 24.3 Å². The molecule has 1 saturated carbocycles. The molecule has 2 amide bonds. The van der Waals surface area contributed by atoms with Crippen LogP contribution in [0.15, 0.2) is 54.7 Å². The summed E-state index contributed by atoms with van der Waals surface area (Å²) < 4.78 is 41.6. The first kappa shape index (κ1) is 27.6. The summed E-state index contributed by atoms with van der Waals surface area (Å²) in [6, 6.07) is 13.0. The van der Waals surface area contributed by atoms with E-state index in [9.17, 15) is 33.1 Å². The number of fused-ring (bicyclic) bond motifs is 1. The zero-order valence-electron chi connectivity index (χ0n) is 21.1. The molecule has 11 heteroatoms. The van der Waals surface area contributed by atoms with Crippen LogP contribution in [-0.2, 0) is 10.4 Å². The Balaban J connectivity index is 1.30. The second-order valence-corrected chi connectivity index (χ2v) is 10.5. The minimum atomic E-state index is -2.93. The number of nitrogens with zero attached hydrogens (tertiary/aromatic N) is 3. The third kappa shape index (κ3) is 4.91. The minimum Gasteiger partial charge on any atom is -0.372 e. The smallest absolute Gasteiger partial charge is 0.281 e. The van der Waals surface area contributed by atoms with E-state index in [1.165, 1.54) is 23.1 Å². The number of nitriles is 1. The van der Waals surface area contributed by atoms with E-state index in [2.05, 4.69) is 10.3 Å². The van der Waals surface area contributed by atoms with E-state index in [0.29, 0.717) is 31.4 Å². The Morgan fingerprint density at radius 1 is 1.18 bits per heavy atom. The van der Waals surface area contributed by atoms with Crippen LogP contribution in [0.5, 0.6) is 0 Å². The molecule has 1 unspecified atom stereocenters. The predicted octanol–water partition coefficient (Wildman–Crippen LogP) is 5.25. The highest BCUT2D eigenvalue weighted by molar-refractivity contribution is 6.30. The summed E-state index contributed by atoms with van der Waals surface area (Å²) >= 11 is 5.87. The molecule has 1 fully saturated rings. The molecule has 0 radical (unpaired) electrons. The minimum absolute atomic E-state index is 0.00672. The van der Waals surface area contributed by atoms with Crippen molar-refractivity contribution in [2.45, 2.75) is 43.8 Å². The molecule has 2 aliphatic rings. The Hall–Kier alpha value is -3.94. The van der Waals surface area contributed by atoms with Crippen molar-refractivity contribution >= 4 is 29.1 Å². The number of anilines is 1. The predicted molar refractivity (Wildman–Crippen MR) is 140 cm³/mol. The summed E-state index contributed by atoms with van der Waals surface area (Å²) in [5.74, 6) is -2.17. The van der Waals surface area contributed by atoms with Crippen LogP contribution in [0.4, 0.5) is 18.9 Å². The Bertz CT molecular complexity index is 1520.